The summed E-state index contributed by atoms with van der Waals surface area (Å²) in [6.45, 7) is 1.55. The molecule has 1 aliphatic heterocycles. The molecule has 1 atom stereocenters. The van der Waals surface area contributed by atoms with Gasteiger partial charge in [-0.1, -0.05) is 12.1 Å². The van der Waals surface area contributed by atoms with Gasteiger partial charge in [-0.3, -0.25) is 4.79 Å². The predicted octanol–water partition coefficient (Wildman–Crippen LogP) is 2.63. The van der Waals surface area contributed by atoms with Crippen LogP contribution < -0.4 is 4.74 Å². The summed E-state index contributed by atoms with van der Waals surface area (Å²) in [5.74, 6) is 2.57. The molecule has 0 bridgehead atoms. The predicted molar refractivity (Wildman–Crippen MR) is 92.7 cm³/mol. The third-order valence-electron chi connectivity index (χ3n) is 4.50. The van der Waals surface area contributed by atoms with Gasteiger partial charge in [0, 0.05) is 26.6 Å². The number of oxazole rings is 1. The van der Waals surface area contributed by atoms with Crippen LogP contribution in [-0.2, 0) is 16.0 Å². The van der Waals surface area contributed by atoms with Crippen LogP contribution in [0.2, 0.25) is 0 Å². The van der Waals surface area contributed by atoms with Crippen LogP contribution in [0.1, 0.15) is 36.0 Å². The van der Waals surface area contributed by atoms with Gasteiger partial charge in [0.15, 0.2) is 5.89 Å². The number of amides is 1. The molecule has 1 fully saturated rings. The number of nitrogens with zero attached hydrogens (tertiary/aromatic N) is 2. The van der Waals surface area contributed by atoms with Gasteiger partial charge in [0.25, 0.3) is 0 Å². The van der Waals surface area contributed by atoms with Crippen molar-refractivity contribution in [3.63, 3.8) is 0 Å². The van der Waals surface area contributed by atoms with Crippen LogP contribution in [0.3, 0.4) is 0 Å². The molecule has 1 saturated heterocycles. The minimum absolute atomic E-state index is 0.0252. The zero-order chi connectivity index (χ0) is 17.6. The number of aromatic nitrogens is 1. The van der Waals surface area contributed by atoms with Crippen molar-refractivity contribution >= 4 is 5.91 Å². The molecule has 6 nitrogen and oxygen atoms in total. The van der Waals surface area contributed by atoms with E-state index in [1.54, 1.807) is 20.4 Å². The molecule has 0 spiro atoms. The summed E-state index contributed by atoms with van der Waals surface area (Å²) >= 11 is 0. The summed E-state index contributed by atoms with van der Waals surface area (Å²) in [5.41, 5.74) is 1.14. The van der Waals surface area contributed by atoms with Gasteiger partial charge in [-0.15, -0.1) is 0 Å². The maximum absolute atomic E-state index is 12.0. The van der Waals surface area contributed by atoms with Crippen molar-refractivity contribution < 1.29 is 18.7 Å². The summed E-state index contributed by atoms with van der Waals surface area (Å²) < 4.78 is 16.1. The van der Waals surface area contributed by atoms with E-state index in [4.69, 9.17) is 13.9 Å². The van der Waals surface area contributed by atoms with E-state index in [0.29, 0.717) is 13.0 Å². The van der Waals surface area contributed by atoms with Crippen molar-refractivity contribution in [3.05, 3.63) is 47.7 Å². The average molecular weight is 344 g/mol. The number of carbonyl (C=O) groups is 1. The van der Waals surface area contributed by atoms with Gasteiger partial charge in [-0.05, 0) is 30.5 Å². The van der Waals surface area contributed by atoms with E-state index >= 15 is 0 Å². The molecule has 0 saturated carbocycles. The quantitative estimate of drug-likeness (QED) is 0.806. The van der Waals surface area contributed by atoms with Crippen LogP contribution >= 0.6 is 0 Å². The average Bonchev–Trinajstić information content (AvgIpc) is 3.11. The Bertz CT molecular complexity index is 696. The van der Waals surface area contributed by atoms with Crippen molar-refractivity contribution in [1.82, 2.24) is 9.88 Å². The van der Waals surface area contributed by atoms with Crippen molar-refractivity contribution in [3.8, 4) is 5.75 Å². The standard InChI is InChI=1S/C19H24N2O4/c1-23-13-18(22)21-9-3-4-15(12-21)19-20-11-17(25-19)10-14-5-7-16(24-2)8-6-14/h5-8,11,15H,3-4,9-10,12-13H2,1-2H3/t15-/m1/s1. The number of ether oxygens (including phenoxy) is 2. The van der Waals surface area contributed by atoms with Gasteiger partial charge in [0.1, 0.15) is 18.1 Å². The summed E-state index contributed by atoms with van der Waals surface area (Å²) in [5, 5.41) is 0. The van der Waals surface area contributed by atoms with Gasteiger partial charge >= 0.3 is 0 Å². The molecule has 1 aromatic carbocycles. The van der Waals surface area contributed by atoms with Gasteiger partial charge in [-0.2, -0.15) is 0 Å². The molecule has 0 radical (unpaired) electrons. The molecular formula is C19H24N2O4. The van der Waals surface area contributed by atoms with Crippen LogP contribution in [0.4, 0.5) is 0 Å². The maximum Gasteiger partial charge on any atom is 0.248 e. The van der Waals surface area contributed by atoms with Gasteiger partial charge in [-0.25, -0.2) is 4.98 Å². The molecule has 3 rings (SSSR count). The lowest BCUT2D eigenvalue weighted by molar-refractivity contribution is -0.136. The molecule has 1 aromatic heterocycles. The Hall–Kier alpha value is -2.34. The number of carbonyl (C=O) groups excluding carboxylic acids is 1. The van der Waals surface area contributed by atoms with Crippen LogP contribution in [0.25, 0.3) is 0 Å². The highest BCUT2D eigenvalue weighted by molar-refractivity contribution is 5.77. The number of likely N-dealkylation sites (tertiary alicyclic amines) is 1. The zero-order valence-corrected chi connectivity index (χ0v) is 14.7. The molecule has 0 aliphatic carbocycles. The minimum atomic E-state index is 0.0252. The lowest BCUT2D eigenvalue weighted by Gasteiger charge is -2.31. The summed E-state index contributed by atoms with van der Waals surface area (Å²) in [4.78, 5) is 18.3. The van der Waals surface area contributed by atoms with Crippen molar-refractivity contribution in [2.45, 2.75) is 25.2 Å². The third kappa shape index (κ3) is 4.39. The second kappa shape index (κ2) is 8.16. The molecular weight excluding hydrogens is 320 g/mol. The summed E-state index contributed by atoms with van der Waals surface area (Å²) in [6, 6.07) is 7.92. The zero-order valence-electron chi connectivity index (χ0n) is 14.7. The fourth-order valence-electron chi connectivity index (χ4n) is 3.16. The first kappa shape index (κ1) is 17.5. The van der Waals surface area contributed by atoms with Crippen LogP contribution in [0.5, 0.6) is 5.75 Å². The third-order valence-corrected chi connectivity index (χ3v) is 4.50. The van der Waals surface area contributed by atoms with E-state index in [2.05, 4.69) is 4.98 Å². The fourth-order valence-corrected chi connectivity index (χ4v) is 3.16. The van der Waals surface area contributed by atoms with Crippen LogP contribution in [0.15, 0.2) is 34.9 Å². The topological polar surface area (TPSA) is 64.8 Å². The van der Waals surface area contributed by atoms with Crippen LogP contribution in [0, 0.1) is 0 Å². The Balaban J connectivity index is 1.63. The van der Waals surface area contributed by atoms with E-state index in [-0.39, 0.29) is 18.4 Å². The molecule has 2 heterocycles. The number of hydrogen-bond acceptors (Lipinski definition) is 5. The van der Waals surface area contributed by atoms with Crippen molar-refractivity contribution in [2.75, 3.05) is 33.9 Å². The first-order chi connectivity index (χ1) is 12.2. The highest BCUT2D eigenvalue weighted by atomic mass is 16.5. The van der Waals surface area contributed by atoms with Gasteiger partial charge in [0.05, 0.1) is 19.2 Å². The molecule has 2 aromatic rings. The van der Waals surface area contributed by atoms with E-state index in [1.165, 1.54) is 0 Å². The van der Waals surface area contributed by atoms with E-state index < -0.39 is 0 Å². The molecule has 1 aliphatic rings. The summed E-state index contributed by atoms with van der Waals surface area (Å²) in [6.07, 6.45) is 4.42. The van der Waals surface area contributed by atoms with E-state index in [9.17, 15) is 4.79 Å². The highest BCUT2D eigenvalue weighted by Gasteiger charge is 2.27. The minimum Gasteiger partial charge on any atom is -0.497 e. The smallest absolute Gasteiger partial charge is 0.248 e. The Morgan fingerprint density at radius 1 is 1.32 bits per heavy atom. The lowest BCUT2D eigenvalue weighted by Crippen LogP contribution is -2.40. The number of rotatable bonds is 6. The number of piperidine rings is 1. The van der Waals surface area contributed by atoms with Crippen molar-refractivity contribution in [2.24, 2.45) is 0 Å². The molecule has 0 unspecified atom stereocenters. The maximum atomic E-state index is 12.0. The second-order valence-corrected chi connectivity index (χ2v) is 6.30. The normalized spacial score (nSPS) is 17.5. The fraction of sp³-hybridized carbons (Fsp3) is 0.474. The Morgan fingerprint density at radius 2 is 2.12 bits per heavy atom. The monoisotopic (exact) mass is 344 g/mol. The largest absolute Gasteiger partial charge is 0.497 e. The van der Waals surface area contributed by atoms with E-state index in [1.807, 2.05) is 29.2 Å². The molecule has 25 heavy (non-hydrogen) atoms. The molecule has 6 heteroatoms. The SMILES string of the molecule is COCC(=O)N1CCC[C@@H](c2ncc(Cc3ccc(OC)cc3)o2)C1. The lowest BCUT2D eigenvalue weighted by atomic mass is 9.98. The number of hydrogen-bond donors (Lipinski definition) is 0. The van der Waals surface area contributed by atoms with Gasteiger partial charge < -0.3 is 18.8 Å². The Labute approximate surface area is 147 Å². The molecule has 134 valence electrons. The Morgan fingerprint density at radius 3 is 2.84 bits per heavy atom. The van der Waals surface area contributed by atoms with Crippen molar-refractivity contribution in [1.29, 1.82) is 0 Å². The molecule has 0 N–H and O–H groups in total. The second-order valence-electron chi connectivity index (χ2n) is 6.30. The first-order valence-corrected chi connectivity index (χ1v) is 8.54. The van der Waals surface area contributed by atoms with Crippen LogP contribution in [-0.4, -0.2) is 49.7 Å². The highest BCUT2D eigenvalue weighted by Crippen LogP contribution is 2.27. The first-order valence-electron chi connectivity index (χ1n) is 8.54. The van der Waals surface area contributed by atoms with E-state index in [0.717, 1.165) is 42.4 Å². The molecule has 1 amide bonds. The Kier molecular flexibility index (Phi) is 5.71. The number of benzene rings is 1. The number of methoxy groups -OCH3 is 2. The summed E-state index contributed by atoms with van der Waals surface area (Å²) in [7, 11) is 3.20. The van der Waals surface area contributed by atoms with Gasteiger partial charge in [0.2, 0.25) is 5.91 Å².